The lowest BCUT2D eigenvalue weighted by Crippen LogP contribution is -2.38. The molecule has 5 heteroatoms. The van der Waals surface area contributed by atoms with Crippen LogP contribution in [0.5, 0.6) is 0 Å². The summed E-state index contributed by atoms with van der Waals surface area (Å²) in [4.78, 5) is 25.6. The third-order valence-corrected chi connectivity index (χ3v) is 3.95. The number of benzene rings is 1. The number of rotatable bonds is 4. The molecule has 1 aliphatic rings. The van der Waals surface area contributed by atoms with Crippen LogP contribution in [0.3, 0.4) is 0 Å². The number of nitrogens with one attached hydrogen (secondary N) is 2. The molecule has 1 aromatic rings. The van der Waals surface area contributed by atoms with E-state index in [9.17, 15) is 9.59 Å². The highest BCUT2D eigenvalue weighted by atomic mass is 16.2. The summed E-state index contributed by atoms with van der Waals surface area (Å²) >= 11 is 0. The molecule has 0 bridgehead atoms. The predicted molar refractivity (Wildman–Crippen MR) is 83.2 cm³/mol. The van der Waals surface area contributed by atoms with Crippen LogP contribution in [0.25, 0.3) is 0 Å². The molecule has 2 N–H and O–H groups in total. The molecule has 0 saturated heterocycles. The van der Waals surface area contributed by atoms with Gasteiger partial charge in [-0.25, -0.2) is 0 Å². The summed E-state index contributed by atoms with van der Waals surface area (Å²) in [5, 5.41) is 5.98. The first kappa shape index (κ1) is 15.4. The standard InChI is InChI=1S/C16H23N3O2/c1-11-10-13(12-6-4-5-7-14(12)18-11)16(21)19(3)9-8-15(20)17-2/h4-7,11,13,18H,8-10H2,1-3H3,(H,17,20). The lowest BCUT2D eigenvalue weighted by atomic mass is 9.86. The van der Waals surface area contributed by atoms with Crippen LogP contribution in [-0.4, -0.2) is 43.4 Å². The summed E-state index contributed by atoms with van der Waals surface area (Å²) in [6.45, 7) is 2.53. The van der Waals surface area contributed by atoms with Gasteiger partial charge in [-0.1, -0.05) is 18.2 Å². The number of hydrogen-bond donors (Lipinski definition) is 2. The summed E-state index contributed by atoms with van der Waals surface area (Å²) in [6.07, 6.45) is 1.11. The summed E-state index contributed by atoms with van der Waals surface area (Å²) in [7, 11) is 3.37. The van der Waals surface area contributed by atoms with Crippen LogP contribution in [0.2, 0.25) is 0 Å². The minimum atomic E-state index is -0.132. The Balaban J connectivity index is 2.10. The maximum Gasteiger partial charge on any atom is 0.230 e. The first-order valence-electron chi connectivity index (χ1n) is 7.34. The molecule has 0 saturated carbocycles. The van der Waals surface area contributed by atoms with E-state index in [1.165, 1.54) is 0 Å². The number of hydrogen-bond acceptors (Lipinski definition) is 3. The number of para-hydroxylation sites is 1. The minimum Gasteiger partial charge on any atom is -0.382 e. The second-order valence-corrected chi connectivity index (χ2v) is 5.60. The van der Waals surface area contributed by atoms with Crippen molar-refractivity contribution in [3.8, 4) is 0 Å². The first-order valence-corrected chi connectivity index (χ1v) is 7.34. The van der Waals surface area contributed by atoms with Crippen LogP contribution < -0.4 is 10.6 Å². The fraction of sp³-hybridized carbons (Fsp3) is 0.500. The number of nitrogens with zero attached hydrogens (tertiary/aromatic N) is 1. The maximum absolute atomic E-state index is 12.7. The predicted octanol–water partition coefficient (Wildman–Crippen LogP) is 1.57. The molecular weight excluding hydrogens is 266 g/mol. The molecular formula is C16H23N3O2. The Hall–Kier alpha value is -2.04. The van der Waals surface area contributed by atoms with E-state index in [0.29, 0.717) is 13.0 Å². The van der Waals surface area contributed by atoms with Crippen molar-refractivity contribution in [1.29, 1.82) is 0 Å². The fourth-order valence-electron chi connectivity index (χ4n) is 2.74. The summed E-state index contributed by atoms with van der Waals surface area (Å²) in [5.41, 5.74) is 2.08. The third-order valence-electron chi connectivity index (χ3n) is 3.95. The number of carbonyl (C=O) groups is 2. The SMILES string of the molecule is CNC(=O)CCN(C)C(=O)C1CC(C)Nc2ccccc21. The van der Waals surface area contributed by atoms with Crippen LogP contribution >= 0.6 is 0 Å². The van der Waals surface area contributed by atoms with Gasteiger partial charge in [0.15, 0.2) is 0 Å². The van der Waals surface area contributed by atoms with E-state index >= 15 is 0 Å². The first-order chi connectivity index (χ1) is 10.0. The van der Waals surface area contributed by atoms with Crippen LogP contribution in [0, 0.1) is 0 Å². The van der Waals surface area contributed by atoms with Gasteiger partial charge < -0.3 is 15.5 Å². The van der Waals surface area contributed by atoms with E-state index in [1.54, 1.807) is 19.0 Å². The summed E-state index contributed by atoms with van der Waals surface area (Å²) in [6, 6.07) is 8.21. The van der Waals surface area contributed by atoms with Crippen LogP contribution in [0.15, 0.2) is 24.3 Å². The molecule has 1 aliphatic heterocycles. The number of likely N-dealkylation sites (N-methyl/N-ethyl adjacent to an activating group) is 1. The Kier molecular flexibility index (Phi) is 4.83. The zero-order valence-electron chi connectivity index (χ0n) is 12.8. The zero-order chi connectivity index (χ0) is 15.4. The van der Waals surface area contributed by atoms with Crippen LogP contribution in [0.1, 0.15) is 31.2 Å². The molecule has 1 heterocycles. The number of fused-ring (bicyclic) bond motifs is 1. The molecule has 0 radical (unpaired) electrons. The lowest BCUT2D eigenvalue weighted by Gasteiger charge is -2.32. The van der Waals surface area contributed by atoms with Crippen molar-refractivity contribution in [3.63, 3.8) is 0 Å². The largest absolute Gasteiger partial charge is 0.382 e. The average Bonchev–Trinajstić information content (AvgIpc) is 2.50. The van der Waals surface area contributed by atoms with Crippen molar-refractivity contribution in [2.24, 2.45) is 0 Å². The van der Waals surface area contributed by atoms with Gasteiger partial charge in [0, 0.05) is 38.8 Å². The molecule has 0 fully saturated rings. The second kappa shape index (κ2) is 6.61. The molecule has 114 valence electrons. The smallest absolute Gasteiger partial charge is 0.230 e. The van der Waals surface area contributed by atoms with Crippen molar-refractivity contribution >= 4 is 17.5 Å². The van der Waals surface area contributed by atoms with Gasteiger partial charge in [0.1, 0.15) is 0 Å². The van der Waals surface area contributed by atoms with E-state index in [4.69, 9.17) is 0 Å². The average molecular weight is 289 g/mol. The lowest BCUT2D eigenvalue weighted by molar-refractivity contribution is -0.132. The van der Waals surface area contributed by atoms with Gasteiger partial charge >= 0.3 is 0 Å². The Morgan fingerprint density at radius 1 is 1.38 bits per heavy atom. The van der Waals surface area contributed by atoms with Crippen molar-refractivity contribution < 1.29 is 9.59 Å². The number of carbonyl (C=O) groups excluding carboxylic acids is 2. The quantitative estimate of drug-likeness (QED) is 0.884. The number of amides is 2. The van der Waals surface area contributed by atoms with Gasteiger partial charge in [-0.05, 0) is 25.0 Å². The topological polar surface area (TPSA) is 61.4 Å². The Bertz CT molecular complexity index is 530. The van der Waals surface area contributed by atoms with Gasteiger partial charge in [0.2, 0.25) is 11.8 Å². The van der Waals surface area contributed by atoms with Crippen LogP contribution in [0.4, 0.5) is 5.69 Å². The van der Waals surface area contributed by atoms with E-state index in [2.05, 4.69) is 17.6 Å². The van der Waals surface area contributed by atoms with E-state index in [-0.39, 0.29) is 23.8 Å². The Labute approximate surface area is 125 Å². The minimum absolute atomic E-state index is 0.0475. The van der Waals surface area contributed by atoms with Crippen molar-refractivity contribution in [2.45, 2.75) is 31.7 Å². The second-order valence-electron chi connectivity index (χ2n) is 5.60. The van der Waals surface area contributed by atoms with E-state index < -0.39 is 0 Å². The monoisotopic (exact) mass is 289 g/mol. The highest BCUT2D eigenvalue weighted by Gasteiger charge is 2.31. The van der Waals surface area contributed by atoms with Crippen molar-refractivity contribution in [3.05, 3.63) is 29.8 Å². The summed E-state index contributed by atoms with van der Waals surface area (Å²) in [5.74, 6) is -0.0967. The Morgan fingerprint density at radius 2 is 2.10 bits per heavy atom. The van der Waals surface area contributed by atoms with E-state index in [1.807, 2.05) is 24.3 Å². The molecule has 2 atom stereocenters. The molecule has 1 aromatic carbocycles. The third kappa shape index (κ3) is 3.54. The summed E-state index contributed by atoms with van der Waals surface area (Å²) < 4.78 is 0. The van der Waals surface area contributed by atoms with Gasteiger partial charge in [0.25, 0.3) is 0 Å². The van der Waals surface area contributed by atoms with E-state index in [0.717, 1.165) is 17.7 Å². The van der Waals surface area contributed by atoms with Gasteiger partial charge in [0.05, 0.1) is 5.92 Å². The molecule has 0 spiro atoms. The highest BCUT2D eigenvalue weighted by Crippen LogP contribution is 2.35. The maximum atomic E-state index is 12.7. The molecule has 5 nitrogen and oxygen atoms in total. The molecule has 0 aromatic heterocycles. The van der Waals surface area contributed by atoms with Gasteiger partial charge in [-0.3, -0.25) is 9.59 Å². The molecule has 21 heavy (non-hydrogen) atoms. The molecule has 2 rings (SSSR count). The molecule has 2 amide bonds. The van der Waals surface area contributed by atoms with Gasteiger partial charge in [-0.2, -0.15) is 0 Å². The number of anilines is 1. The zero-order valence-corrected chi connectivity index (χ0v) is 12.8. The van der Waals surface area contributed by atoms with Crippen LogP contribution in [-0.2, 0) is 9.59 Å². The van der Waals surface area contributed by atoms with Gasteiger partial charge in [-0.15, -0.1) is 0 Å². The van der Waals surface area contributed by atoms with Crippen molar-refractivity contribution in [1.82, 2.24) is 10.2 Å². The normalized spacial score (nSPS) is 20.1. The molecule has 0 aliphatic carbocycles. The Morgan fingerprint density at radius 3 is 2.81 bits per heavy atom. The van der Waals surface area contributed by atoms with Crippen molar-refractivity contribution in [2.75, 3.05) is 26.0 Å². The molecule has 2 unspecified atom stereocenters. The highest BCUT2D eigenvalue weighted by molar-refractivity contribution is 5.87. The fourth-order valence-corrected chi connectivity index (χ4v) is 2.74.